The molecule has 0 aromatic heterocycles. The van der Waals surface area contributed by atoms with Crippen LogP contribution in [0.4, 0.5) is 9.59 Å². The second-order valence-electron chi connectivity index (χ2n) is 6.90. The largest absolute Gasteiger partial charge is 0.444 e. The van der Waals surface area contributed by atoms with Crippen molar-refractivity contribution < 1.29 is 19.1 Å². The van der Waals surface area contributed by atoms with Crippen molar-refractivity contribution in [1.82, 2.24) is 9.80 Å². The van der Waals surface area contributed by atoms with Crippen LogP contribution in [0.3, 0.4) is 0 Å². The van der Waals surface area contributed by atoms with Crippen LogP contribution in [0.25, 0.3) is 0 Å². The predicted molar refractivity (Wildman–Crippen MR) is 92.0 cm³/mol. The van der Waals surface area contributed by atoms with E-state index in [4.69, 9.17) is 9.47 Å². The number of amides is 2. The van der Waals surface area contributed by atoms with Crippen LogP contribution in [-0.2, 0) is 9.47 Å². The van der Waals surface area contributed by atoms with Crippen LogP contribution in [0, 0.1) is 0 Å². The lowest BCUT2D eigenvalue weighted by molar-refractivity contribution is 0.127. The molecule has 0 aromatic carbocycles. The van der Waals surface area contributed by atoms with Gasteiger partial charge in [-0.1, -0.05) is 39.5 Å². The second-order valence-corrected chi connectivity index (χ2v) is 6.90. The zero-order valence-corrected chi connectivity index (χ0v) is 15.2. The van der Waals surface area contributed by atoms with Gasteiger partial charge in [0.2, 0.25) is 0 Å². The van der Waals surface area contributed by atoms with Gasteiger partial charge >= 0.3 is 12.2 Å². The molecule has 138 valence electrons. The van der Waals surface area contributed by atoms with E-state index >= 15 is 0 Å². The molecule has 0 saturated carbocycles. The first-order valence-corrected chi connectivity index (χ1v) is 9.55. The number of carbonyl (C=O) groups excluding carboxylic acids is 2. The maximum Gasteiger partial charge on any atom is 0.410 e. The van der Waals surface area contributed by atoms with Gasteiger partial charge < -0.3 is 19.3 Å². The molecule has 2 aliphatic heterocycles. The van der Waals surface area contributed by atoms with E-state index < -0.39 is 0 Å². The molecule has 2 rings (SSSR count). The summed E-state index contributed by atoms with van der Waals surface area (Å²) in [7, 11) is 0. The molecule has 2 atom stereocenters. The average Bonchev–Trinajstić information content (AvgIpc) is 3.06. The van der Waals surface area contributed by atoms with Crippen LogP contribution in [0.15, 0.2) is 0 Å². The number of nitrogens with zero attached hydrogens (tertiary/aromatic N) is 2. The number of carbonyl (C=O) groups is 2. The number of ether oxygens (including phenoxy) is 2. The van der Waals surface area contributed by atoms with E-state index in [0.717, 1.165) is 77.5 Å². The minimum Gasteiger partial charge on any atom is -0.444 e. The van der Waals surface area contributed by atoms with Crippen LogP contribution in [0.2, 0.25) is 0 Å². The maximum atomic E-state index is 11.7. The Labute approximate surface area is 145 Å². The fraction of sp³-hybridized carbons (Fsp3) is 0.889. The molecule has 2 heterocycles. The zero-order valence-electron chi connectivity index (χ0n) is 15.2. The summed E-state index contributed by atoms with van der Waals surface area (Å²) in [4.78, 5) is 27.1. The molecule has 0 spiro atoms. The fourth-order valence-corrected chi connectivity index (χ4v) is 3.42. The van der Waals surface area contributed by atoms with E-state index in [9.17, 15) is 9.59 Å². The Bertz CT molecular complexity index is 378. The summed E-state index contributed by atoms with van der Waals surface area (Å²) in [6, 6.07) is 0. The molecule has 0 aromatic rings. The molecule has 0 bridgehead atoms. The quantitative estimate of drug-likeness (QED) is 0.537. The molecule has 0 N–H and O–H groups in total. The topological polar surface area (TPSA) is 59.1 Å². The Morgan fingerprint density at radius 3 is 1.58 bits per heavy atom. The smallest absolute Gasteiger partial charge is 0.410 e. The number of cyclic esters (lactones) is 2. The first-order chi connectivity index (χ1) is 11.6. The number of hydrogen-bond donors (Lipinski definition) is 0. The standard InChI is InChI=1S/C18H32N2O4/c1-3-9-15-13-19(17(21)23-15)11-7-5-6-8-12-20-14-16(10-4-2)24-18(20)22/h15-16H,3-14H2,1-2H3. The number of rotatable bonds is 11. The van der Waals surface area contributed by atoms with Gasteiger partial charge in [0.15, 0.2) is 0 Å². The highest BCUT2D eigenvalue weighted by molar-refractivity contribution is 5.70. The minimum absolute atomic E-state index is 0.0831. The van der Waals surface area contributed by atoms with Crippen molar-refractivity contribution in [3.8, 4) is 0 Å². The van der Waals surface area contributed by atoms with Crippen molar-refractivity contribution in [3.63, 3.8) is 0 Å². The summed E-state index contributed by atoms with van der Waals surface area (Å²) < 4.78 is 10.7. The first-order valence-electron chi connectivity index (χ1n) is 9.55. The molecule has 6 heteroatoms. The third-order valence-corrected chi connectivity index (χ3v) is 4.73. The Hall–Kier alpha value is -1.46. The Morgan fingerprint density at radius 1 is 0.792 bits per heavy atom. The predicted octanol–water partition coefficient (Wildman–Crippen LogP) is 3.79. The Balaban J connectivity index is 1.51. The van der Waals surface area contributed by atoms with Crippen LogP contribution in [-0.4, -0.2) is 60.4 Å². The second kappa shape index (κ2) is 9.74. The highest BCUT2D eigenvalue weighted by Gasteiger charge is 2.30. The third kappa shape index (κ3) is 5.56. The lowest BCUT2D eigenvalue weighted by Crippen LogP contribution is -2.27. The number of hydrogen-bond acceptors (Lipinski definition) is 4. The van der Waals surface area contributed by atoms with E-state index in [0.29, 0.717) is 0 Å². The normalized spacial score (nSPS) is 23.8. The van der Waals surface area contributed by atoms with Crippen molar-refractivity contribution in [2.75, 3.05) is 26.2 Å². The minimum atomic E-state index is -0.157. The molecule has 2 unspecified atom stereocenters. The molecule has 24 heavy (non-hydrogen) atoms. The van der Waals surface area contributed by atoms with Gasteiger partial charge in [-0.15, -0.1) is 0 Å². The van der Waals surface area contributed by atoms with Gasteiger partial charge in [-0.05, 0) is 25.7 Å². The first kappa shape index (κ1) is 18.9. The van der Waals surface area contributed by atoms with Crippen molar-refractivity contribution in [2.45, 2.75) is 77.4 Å². The summed E-state index contributed by atoms with van der Waals surface area (Å²) in [5.41, 5.74) is 0. The molecule has 6 nitrogen and oxygen atoms in total. The van der Waals surface area contributed by atoms with E-state index in [1.54, 1.807) is 0 Å². The average molecular weight is 340 g/mol. The molecule has 0 radical (unpaired) electrons. The van der Waals surface area contributed by atoms with Gasteiger partial charge in [-0.25, -0.2) is 9.59 Å². The number of unbranched alkanes of at least 4 members (excludes halogenated alkanes) is 3. The van der Waals surface area contributed by atoms with E-state index in [-0.39, 0.29) is 24.4 Å². The Morgan fingerprint density at radius 2 is 1.21 bits per heavy atom. The van der Waals surface area contributed by atoms with Crippen LogP contribution < -0.4 is 0 Å². The highest BCUT2D eigenvalue weighted by Crippen LogP contribution is 2.18. The van der Waals surface area contributed by atoms with E-state index in [1.165, 1.54) is 0 Å². The summed E-state index contributed by atoms with van der Waals surface area (Å²) in [6.45, 7) is 7.26. The van der Waals surface area contributed by atoms with Gasteiger partial charge in [-0.3, -0.25) is 0 Å². The molecular weight excluding hydrogens is 308 g/mol. The van der Waals surface area contributed by atoms with Gasteiger partial charge in [0.05, 0.1) is 13.1 Å². The maximum absolute atomic E-state index is 11.7. The molecule has 2 amide bonds. The monoisotopic (exact) mass is 340 g/mol. The lowest BCUT2D eigenvalue weighted by atomic mass is 10.1. The van der Waals surface area contributed by atoms with Crippen molar-refractivity contribution in [3.05, 3.63) is 0 Å². The lowest BCUT2D eigenvalue weighted by Gasteiger charge is -2.14. The molecular formula is C18H32N2O4. The van der Waals surface area contributed by atoms with Crippen molar-refractivity contribution >= 4 is 12.2 Å². The SMILES string of the molecule is CCCC1CN(CCCCCCN2CC(CCC)OC2=O)C(=O)O1. The summed E-state index contributed by atoms with van der Waals surface area (Å²) in [6.07, 6.45) is 7.99. The van der Waals surface area contributed by atoms with E-state index in [1.807, 2.05) is 9.80 Å². The van der Waals surface area contributed by atoms with Crippen molar-refractivity contribution in [2.24, 2.45) is 0 Å². The van der Waals surface area contributed by atoms with Crippen molar-refractivity contribution in [1.29, 1.82) is 0 Å². The van der Waals surface area contributed by atoms with Gasteiger partial charge in [0, 0.05) is 13.1 Å². The van der Waals surface area contributed by atoms with Crippen LogP contribution in [0.5, 0.6) is 0 Å². The van der Waals surface area contributed by atoms with Gasteiger partial charge in [0.1, 0.15) is 12.2 Å². The van der Waals surface area contributed by atoms with E-state index in [2.05, 4.69) is 13.8 Å². The summed E-state index contributed by atoms with van der Waals surface area (Å²) in [5, 5.41) is 0. The van der Waals surface area contributed by atoms with Crippen LogP contribution >= 0.6 is 0 Å². The molecule has 0 aliphatic carbocycles. The molecule has 2 aliphatic rings. The summed E-state index contributed by atoms with van der Waals surface area (Å²) >= 11 is 0. The summed E-state index contributed by atoms with van der Waals surface area (Å²) in [5.74, 6) is 0. The molecule has 2 fully saturated rings. The Kier molecular flexibility index (Phi) is 7.66. The fourth-order valence-electron chi connectivity index (χ4n) is 3.42. The van der Waals surface area contributed by atoms with Gasteiger partial charge in [-0.2, -0.15) is 0 Å². The third-order valence-electron chi connectivity index (χ3n) is 4.73. The van der Waals surface area contributed by atoms with Gasteiger partial charge in [0.25, 0.3) is 0 Å². The zero-order chi connectivity index (χ0) is 17.4. The van der Waals surface area contributed by atoms with Crippen LogP contribution in [0.1, 0.15) is 65.2 Å². The highest BCUT2D eigenvalue weighted by atomic mass is 16.6. The molecule has 2 saturated heterocycles.